The molecule has 0 aliphatic heterocycles. The van der Waals surface area contributed by atoms with Crippen molar-refractivity contribution in [1.82, 2.24) is 5.32 Å². The fourth-order valence-electron chi connectivity index (χ4n) is 1.12. The predicted octanol–water partition coefficient (Wildman–Crippen LogP) is -1.14. The maximum Gasteiger partial charge on any atom is 0.326 e. The van der Waals surface area contributed by atoms with Gasteiger partial charge in [-0.1, -0.05) is 0 Å². The number of carboxylic acid groups (broad SMARTS) is 1. The number of carboxylic acids is 1. The summed E-state index contributed by atoms with van der Waals surface area (Å²) in [6.45, 7) is 0. The number of nitrogens with one attached hydrogen (secondary N) is 1. The number of ether oxygens (including phenoxy) is 1. The monoisotopic (exact) mass is 256 g/mol. The van der Waals surface area contributed by atoms with Gasteiger partial charge in [0.05, 0.1) is 13.2 Å². The second-order valence-electron chi connectivity index (χ2n) is 3.53. The molecule has 100 valence electrons. The Kier molecular flexibility index (Phi) is 7.15. The lowest BCUT2D eigenvalue weighted by Gasteiger charge is -2.16. The van der Waals surface area contributed by atoms with Crippen molar-refractivity contribution in [2.45, 2.75) is 31.3 Å². The van der Waals surface area contributed by atoms with E-state index in [9.17, 15) is 14.4 Å². The number of esters is 1. The van der Waals surface area contributed by atoms with Crippen molar-refractivity contribution in [3.8, 4) is 12.3 Å². The van der Waals surface area contributed by atoms with Crippen molar-refractivity contribution in [3.63, 3.8) is 0 Å². The molecule has 1 amide bonds. The molecule has 0 bridgehead atoms. The molecule has 0 aromatic heterocycles. The molecule has 0 saturated heterocycles. The summed E-state index contributed by atoms with van der Waals surface area (Å²) in [5.41, 5.74) is 5.42. The minimum absolute atomic E-state index is 0.00910. The van der Waals surface area contributed by atoms with Crippen LogP contribution in [-0.2, 0) is 19.1 Å². The largest absolute Gasteiger partial charge is 0.480 e. The van der Waals surface area contributed by atoms with Crippen molar-refractivity contribution >= 4 is 17.8 Å². The minimum Gasteiger partial charge on any atom is -0.480 e. The lowest BCUT2D eigenvalue weighted by Crippen LogP contribution is -2.48. The molecule has 4 N–H and O–H groups in total. The zero-order valence-corrected chi connectivity index (χ0v) is 10.0. The Labute approximate surface area is 105 Å². The quantitative estimate of drug-likeness (QED) is 0.391. The summed E-state index contributed by atoms with van der Waals surface area (Å²) >= 11 is 0. The normalized spacial score (nSPS) is 12.9. The molecule has 0 radical (unpaired) electrons. The lowest BCUT2D eigenvalue weighted by atomic mass is 10.1. The Balaban J connectivity index is 4.36. The van der Waals surface area contributed by atoms with Crippen LogP contribution in [0.3, 0.4) is 0 Å². The highest BCUT2D eigenvalue weighted by molar-refractivity contribution is 5.87. The van der Waals surface area contributed by atoms with Crippen molar-refractivity contribution in [1.29, 1.82) is 0 Å². The minimum atomic E-state index is -1.25. The van der Waals surface area contributed by atoms with Crippen LogP contribution in [0.15, 0.2) is 0 Å². The number of methoxy groups -OCH3 is 1. The molecule has 0 rings (SSSR count). The van der Waals surface area contributed by atoms with Crippen LogP contribution in [0.2, 0.25) is 0 Å². The summed E-state index contributed by atoms with van der Waals surface area (Å²) in [5, 5.41) is 11.1. The summed E-state index contributed by atoms with van der Waals surface area (Å²) in [6, 6.07) is -2.16. The number of hydrogen-bond donors (Lipinski definition) is 3. The predicted molar refractivity (Wildman–Crippen MR) is 62.2 cm³/mol. The first-order chi connectivity index (χ1) is 8.42. The Hall–Kier alpha value is -2.07. The smallest absolute Gasteiger partial charge is 0.326 e. The zero-order chi connectivity index (χ0) is 14.1. The number of nitrogens with two attached hydrogens (primary N) is 1. The van der Waals surface area contributed by atoms with Crippen LogP contribution in [0.1, 0.15) is 19.3 Å². The van der Waals surface area contributed by atoms with Crippen LogP contribution in [0, 0.1) is 12.3 Å². The van der Waals surface area contributed by atoms with Crippen LogP contribution in [-0.4, -0.2) is 42.1 Å². The third kappa shape index (κ3) is 5.86. The van der Waals surface area contributed by atoms with E-state index in [1.54, 1.807) is 0 Å². The highest BCUT2D eigenvalue weighted by atomic mass is 16.5. The van der Waals surface area contributed by atoms with Gasteiger partial charge in [-0.25, -0.2) is 4.79 Å². The standard InChI is InChI=1S/C11H16N2O5/c1-3-4-7(12)10(15)13-8(11(16)17)5-6-9(14)18-2/h1,7-8H,4-6,12H2,2H3,(H,13,15)(H,16,17)/t7?,8-/m0/s1. The van der Waals surface area contributed by atoms with Crippen molar-refractivity contribution in [2.75, 3.05) is 7.11 Å². The molecule has 18 heavy (non-hydrogen) atoms. The summed E-state index contributed by atoms with van der Waals surface area (Å²) < 4.78 is 4.38. The highest BCUT2D eigenvalue weighted by Crippen LogP contribution is 2.00. The molecule has 0 heterocycles. The zero-order valence-electron chi connectivity index (χ0n) is 10.0. The van der Waals surface area contributed by atoms with Crippen LogP contribution in [0.5, 0.6) is 0 Å². The molecule has 0 aromatic carbocycles. The Bertz CT molecular complexity index is 361. The Morgan fingerprint density at radius 1 is 1.50 bits per heavy atom. The summed E-state index contributed by atoms with van der Waals surface area (Å²) in [6.07, 6.45) is 4.81. The Morgan fingerprint density at radius 3 is 2.56 bits per heavy atom. The van der Waals surface area contributed by atoms with E-state index in [0.717, 1.165) is 0 Å². The van der Waals surface area contributed by atoms with Gasteiger partial charge in [-0.05, 0) is 6.42 Å². The van der Waals surface area contributed by atoms with Gasteiger partial charge in [0.25, 0.3) is 0 Å². The second-order valence-corrected chi connectivity index (χ2v) is 3.53. The topological polar surface area (TPSA) is 119 Å². The SMILES string of the molecule is C#CCC(N)C(=O)N[C@@H](CCC(=O)OC)C(=O)O. The molecule has 0 saturated carbocycles. The molecule has 0 fully saturated rings. The summed E-state index contributed by atoms with van der Waals surface area (Å²) in [7, 11) is 1.19. The van der Waals surface area contributed by atoms with Crippen LogP contribution < -0.4 is 11.1 Å². The van der Waals surface area contributed by atoms with E-state index in [1.807, 2.05) is 0 Å². The van der Waals surface area contributed by atoms with E-state index in [1.165, 1.54) is 7.11 Å². The van der Waals surface area contributed by atoms with Gasteiger partial charge >= 0.3 is 11.9 Å². The van der Waals surface area contributed by atoms with E-state index in [0.29, 0.717) is 0 Å². The molecular formula is C11H16N2O5. The van der Waals surface area contributed by atoms with E-state index < -0.39 is 29.9 Å². The molecule has 0 aromatic rings. The number of rotatable bonds is 7. The fourth-order valence-corrected chi connectivity index (χ4v) is 1.12. The van der Waals surface area contributed by atoms with Gasteiger partial charge in [0.15, 0.2) is 0 Å². The van der Waals surface area contributed by atoms with E-state index in [4.69, 9.17) is 17.3 Å². The van der Waals surface area contributed by atoms with E-state index in [2.05, 4.69) is 16.0 Å². The lowest BCUT2D eigenvalue weighted by molar-refractivity contribution is -0.144. The molecule has 0 aliphatic carbocycles. The first kappa shape index (κ1) is 15.9. The van der Waals surface area contributed by atoms with Gasteiger partial charge in [0.1, 0.15) is 6.04 Å². The second kappa shape index (κ2) is 8.08. The van der Waals surface area contributed by atoms with E-state index >= 15 is 0 Å². The van der Waals surface area contributed by atoms with Gasteiger partial charge in [-0.15, -0.1) is 12.3 Å². The van der Waals surface area contributed by atoms with Gasteiger partial charge in [0.2, 0.25) is 5.91 Å². The van der Waals surface area contributed by atoms with Gasteiger partial charge in [0, 0.05) is 12.8 Å². The van der Waals surface area contributed by atoms with Crippen LogP contribution in [0.4, 0.5) is 0 Å². The summed E-state index contributed by atoms with van der Waals surface area (Å²) in [4.78, 5) is 33.2. The summed E-state index contributed by atoms with van der Waals surface area (Å²) in [5.74, 6) is -0.261. The molecule has 7 nitrogen and oxygen atoms in total. The maximum atomic E-state index is 11.5. The fraction of sp³-hybridized carbons (Fsp3) is 0.545. The van der Waals surface area contributed by atoms with Crippen molar-refractivity contribution in [3.05, 3.63) is 0 Å². The number of aliphatic carboxylic acids is 1. The van der Waals surface area contributed by atoms with E-state index in [-0.39, 0.29) is 19.3 Å². The van der Waals surface area contributed by atoms with Crippen molar-refractivity contribution < 1.29 is 24.2 Å². The molecule has 0 spiro atoms. The molecular weight excluding hydrogens is 240 g/mol. The number of carbonyl (C=O) groups excluding carboxylic acids is 2. The molecule has 0 aliphatic rings. The first-order valence-electron chi connectivity index (χ1n) is 5.21. The first-order valence-corrected chi connectivity index (χ1v) is 5.21. The Morgan fingerprint density at radius 2 is 2.11 bits per heavy atom. The molecule has 2 atom stereocenters. The average molecular weight is 256 g/mol. The third-order valence-corrected chi connectivity index (χ3v) is 2.15. The van der Waals surface area contributed by atoms with Gasteiger partial charge in [-0.2, -0.15) is 0 Å². The highest BCUT2D eigenvalue weighted by Gasteiger charge is 2.23. The average Bonchev–Trinajstić information content (AvgIpc) is 2.33. The van der Waals surface area contributed by atoms with Gasteiger partial charge in [-0.3, -0.25) is 9.59 Å². The molecule has 7 heteroatoms. The molecule has 1 unspecified atom stereocenters. The maximum absolute atomic E-state index is 11.5. The van der Waals surface area contributed by atoms with Crippen LogP contribution >= 0.6 is 0 Å². The van der Waals surface area contributed by atoms with Gasteiger partial charge < -0.3 is 20.9 Å². The number of amides is 1. The number of hydrogen-bond acceptors (Lipinski definition) is 5. The number of carbonyl (C=O) groups is 3. The van der Waals surface area contributed by atoms with Crippen LogP contribution in [0.25, 0.3) is 0 Å². The third-order valence-electron chi connectivity index (χ3n) is 2.15. The number of terminal acetylenes is 1. The van der Waals surface area contributed by atoms with Crippen molar-refractivity contribution in [2.24, 2.45) is 5.73 Å².